The zero-order chi connectivity index (χ0) is 20.0. The number of carbonyl (C=O) groups is 1. The lowest BCUT2D eigenvalue weighted by molar-refractivity contribution is -0.192. The predicted octanol–water partition coefficient (Wildman–Crippen LogP) is 3.93. The molecule has 6 nitrogen and oxygen atoms in total. The van der Waals surface area contributed by atoms with E-state index in [0.717, 1.165) is 42.2 Å². The fourth-order valence-corrected chi connectivity index (χ4v) is 2.77. The van der Waals surface area contributed by atoms with E-state index in [4.69, 9.17) is 31.7 Å². The zero-order valence-electron chi connectivity index (χ0n) is 14.2. The minimum Gasteiger partial charge on any atom is -0.475 e. The lowest BCUT2D eigenvalue weighted by atomic mass is 9.86. The van der Waals surface area contributed by atoms with Crippen molar-refractivity contribution in [1.29, 1.82) is 0 Å². The second-order valence-corrected chi connectivity index (χ2v) is 6.69. The minimum atomic E-state index is -5.08. The highest BCUT2D eigenvalue weighted by Crippen LogP contribution is 2.31. The minimum absolute atomic E-state index is 0.336. The molecule has 1 saturated carbocycles. The highest BCUT2D eigenvalue weighted by molar-refractivity contribution is 6.30. The molecule has 148 valence electrons. The Bertz CT molecular complexity index is 742. The van der Waals surface area contributed by atoms with Crippen LogP contribution in [0.1, 0.15) is 48.9 Å². The van der Waals surface area contributed by atoms with Crippen molar-refractivity contribution in [2.24, 2.45) is 5.73 Å². The second-order valence-electron chi connectivity index (χ2n) is 6.25. The molecule has 3 rings (SSSR count). The van der Waals surface area contributed by atoms with Gasteiger partial charge in [-0.05, 0) is 43.4 Å². The van der Waals surface area contributed by atoms with Crippen molar-refractivity contribution in [2.45, 2.75) is 50.2 Å². The van der Waals surface area contributed by atoms with Gasteiger partial charge in [-0.15, -0.1) is 10.2 Å². The van der Waals surface area contributed by atoms with Gasteiger partial charge in [0, 0.05) is 17.0 Å². The predicted molar refractivity (Wildman–Crippen MR) is 91.4 cm³/mol. The van der Waals surface area contributed by atoms with Crippen molar-refractivity contribution in [3.63, 3.8) is 0 Å². The third-order valence-electron chi connectivity index (χ3n) is 4.11. The average molecular weight is 406 g/mol. The van der Waals surface area contributed by atoms with Gasteiger partial charge in [-0.2, -0.15) is 13.2 Å². The fraction of sp³-hybridized carbons (Fsp3) is 0.471. The molecule has 1 aromatic carbocycles. The number of alkyl halides is 3. The normalized spacial score (nSPS) is 19.9. The summed E-state index contributed by atoms with van der Waals surface area (Å²) in [7, 11) is 0. The van der Waals surface area contributed by atoms with Crippen molar-refractivity contribution >= 4 is 17.6 Å². The van der Waals surface area contributed by atoms with Gasteiger partial charge in [0.25, 0.3) is 0 Å². The Morgan fingerprint density at radius 3 is 2.26 bits per heavy atom. The molecule has 1 aliphatic carbocycles. The summed E-state index contributed by atoms with van der Waals surface area (Å²) in [5, 5.41) is 16.2. The summed E-state index contributed by atoms with van der Waals surface area (Å²) >= 11 is 5.87. The third kappa shape index (κ3) is 6.84. The molecule has 0 spiro atoms. The number of nitrogens with two attached hydrogens (primary N) is 1. The number of halogens is 4. The van der Waals surface area contributed by atoms with E-state index >= 15 is 0 Å². The largest absolute Gasteiger partial charge is 0.490 e. The summed E-state index contributed by atoms with van der Waals surface area (Å²) in [5.74, 6) is -0.952. The van der Waals surface area contributed by atoms with E-state index < -0.39 is 12.1 Å². The van der Waals surface area contributed by atoms with Gasteiger partial charge in [0.2, 0.25) is 11.8 Å². The Morgan fingerprint density at radius 2 is 1.74 bits per heavy atom. The first kappa shape index (κ1) is 21.2. The van der Waals surface area contributed by atoms with Gasteiger partial charge in [0.15, 0.2) is 0 Å². The Balaban J connectivity index is 0.000000321. The van der Waals surface area contributed by atoms with Crippen LogP contribution in [0.25, 0.3) is 0 Å². The molecule has 0 amide bonds. The van der Waals surface area contributed by atoms with E-state index in [1.54, 1.807) is 0 Å². The molecule has 2 aromatic rings. The number of nitrogens with zero attached hydrogens (tertiary/aromatic N) is 2. The topological polar surface area (TPSA) is 102 Å². The highest BCUT2D eigenvalue weighted by atomic mass is 35.5. The number of hydrogen-bond donors (Lipinski definition) is 2. The SMILES string of the molecule is NC1CCC(c2nnc(Cc3ccc(Cl)cc3)o2)CC1.O=C(O)C(F)(F)F. The van der Waals surface area contributed by atoms with E-state index in [-0.39, 0.29) is 0 Å². The monoisotopic (exact) mass is 405 g/mol. The van der Waals surface area contributed by atoms with Crippen LogP contribution < -0.4 is 5.73 Å². The third-order valence-corrected chi connectivity index (χ3v) is 4.37. The van der Waals surface area contributed by atoms with Crippen LogP contribution >= 0.6 is 11.6 Å². The highest BCUT2D eigenvalue weighted by Gasteiger charge is 2.38. The molecule has 1 aliphatic rings. The number of carboxylic acids is 1. The van der Waals surface area contributed by atoms with E-state index in [0.29, 0.717) is 24.3 Å². The quantitative estimate of drug-likeness (QED) is 0.802. The molecule has 3 N–H and O–H groups in total. The summed E-state index contributed by atoms with van der Waals surface area (Å²) in [6, 6.07) is 8.04. The lowest BCUT2D eigenvalue weighted by Crippen LogP contribution is -2.25. The number of aliphatic carboxylic acids is 1. The summed E-state index contributed by atoms with van der Waals surface area (Å²) in [4.78, 5) is 8.90. The van der Waals surface area contributed by atoms with Crippen LogP contribution in [0.5, 0.6) is 0 Å². The lowest BCUT2D eigenvalue weighted by Gasteiger charge is -2.23. The Labute approximate surface area is 158 Å². The van der Waals surface area contributed by atoms with Crippen molar-refractivity contribution in [2.75, 3.05) is 0 Å². The van der Waals surface area contributed by atoms with Gasteiger partial charge >= 0.3 is 12.1 Å². The van der Waals surface area contributed by atoms with Crippen molar-refractivity contribution in [3.8, 4) is 0 Å². The van der Waals surface area contributed by atoms with Crippen LogP contribution in [0, 0.1) is 0 Å². The first-order chi connectivity index (χ1) is 12.6. The van der Waals surface area contributed by atoms with Crippen LogP contribution in [0.2, 0.25) is 5.02 Å². The Hall–Kier alpha value is -2.13. The van der Waals surface area contributed by atoms with Gasteiger partial charge < -0.3 is 15.3 Å². The molecule has 0 unspecified atom stereocenters. The number of rotatable bonds is 3. The van der Waals surface area contributed by atoms with E-state index in [9.17, 15) is 13.2 Å². The molecule has 1 fully saturated rings. The van der Waals surface area contributed by atoms with Crippen LogP contribution in [0.4, 0.5) is 13.2 Å². The standard InChI is InChI=1S/C15H18ClN3O.C2HF3O2/c16-12-5-1-10(2-6-12)9-14-18-19-15(20-14)11-3-7-13(17)8-4-11;3-2(4,5)1(6)7/h1-2,5-6,11,13H,3-4,7-9,17H2;(H,6,7). The Kier molecular flexibility index (Phi) is 7.20. The first-order valence-corrected chi connectivity index (χ1v) is 8.65. The summed E-state index contributed by atoms with van der Waals surface area (Å²) in [5.41, 5.74) is 7.04. The van der Waals surface area contributed by atoms with Gasteiger partial charge in [-0.25, -0.2) is 4.79 Å². The van der Waals surface area contributed by atoms with Crippen LogP contribution in [0.3, 0.4) is 0 Å². The summed E-state index contributed by atoms with van der Waals surface area (Å²) in [6.07, 6.45) is -0.261. The first-order valence-electron chi connectivity index (χ1n) is 8.27. The second kappa shape index (κ2) is 9.18. The maximum Gasteiger partial charge on any atom is 0.490 e. The molecule has 10 heteroatoms. The Morgan fingerprint density at radius 1 is 1.19 bits per heavy atom. The zero-order valence-corrected chi connectivity index (χ0v) is 15.0. The van der Waals surface area contributed by atoms with Crippen molar-refractivity contribution in [1.82, 2.24) is 10.2 Å². The molecule has 1 heterocycles. The molecular weight excluding hydrogens is 387 g/mol. The van der Waals surface area contributed by atoms with E-state index in [1.165, 1.54) is 0 Å². The van der Waals surface area contributed by atoms with Crippen molar-refractivity contribution in [3.05, 3.63) is 46.6 Å². The van der Waals surface area contributed by atoms with E-state index in [1.807, 2.05) is 24.3 Å². The summed E-state index contributed by atoms with van der Waals surface area (Å²) < 4.78 is 37.5. The van der Waals surface area contributed by atoms with Gasteiger partial charge in [-0.3, -0.25) is 0 Å². The number of aromatic nitrogens is 2. The van der Waals surface area contributed by atoms with Crippen LogP contribution in [-0.2, 0) is 11.2 Å². The maximum absolute atomic E-state index is 10.6. The average Bonchev–Trinajstić information content (AvgIpc) is 3.06. The number of carboxylic acid groups (broad SMARTS) is 1. The number of benzene rings is 1. The van der Waals surface area contributed by atoms with Gasteiger partial charge in [-0.1, -0.05) is 23.7 Å². The molecular formula is C17H19ClF3N3O3. The molecule has 0 aliphatic heterocycles. The number of hydrogen-bond acceptors (Lipinski definition) is 5. The molecule has 27 heavy (non-hydrogen) atoms. The maximum atomic E-state index is 10.6. The fourth-order valence-electron chi connectivity index (χ4n) is 2.65. The van der Waals surface area contributed by atoms with Gasteiger partial charge in [0.05, 0.1) is 6.42 Å². The molecule has 0 saturated heterocycles. The van der Waals surface area contributed by atoms with Crippen molar-refractivity contribution < 1.29 is 27.5 Å². The van der Waals surface area contributed by atoms with Gasteiger partial charge in [0.1, 0.15) is 0 Å². The van der Waals surface area contributed by atoms with Crippen LogP contribution in [0.15, 0.2) is 28.7 Å². The summed E-state index contributed by atoms with van der Waals surface area (Å²) in [6.45, 7) is 0. The van der Waals surface area contributed by atoms with E-state index in [2.05, 4.69) is 10.2 Å². The molecule has 0 bridgehead atoms. The van der Waals surface area contributed by atoms with Crippen LogP contribution in [-0.4, -0.2) is 33.5 Å². The smallest absolute Gasteiger partial charge is 0.475 e. The molecule has 0 atom stereocenters. The molecule has 0 radical (unpaired) electrons. The molecule has 1 aromatic heterocycles.